The number of methoxy groups -OCH3 is 1. The Hall–Kier alpha value is -3.86. The molecule has 176 valence electrons. The summed E-state index contributed by atoms with van der Waals surface area (Å²) in [4.78, 5) is 25.8. The normalized spacial score (nSPS) is 10.8. The lowest BCUT2D eigenvalue weighted by molar-refractivity contribution is -0.115. The summed E-state index contributed by atoms with van der Waals surface area (Å²) in [6.45, 7) is 2.57. The minimum absolute atomic E-state index is 0.0498. The summed E-state index contributed by atoms with van der Waals surface area (Å²) < 4.78 is 38.3. The molecule has 0 unspecified atom stereocenters. The van der Waals surface area contributed by atoms with E-state index in [0.717, 1.165) is 12.5 Å². The van der Waals surface area contributed by atoms with Gasteiger partial charge in [0.2, 0.25) is 5.91 Å². The van der Waals surface area contributed by atoms with Crippen LogP contribution in [0, 0.1) is 11.6 Å². The van der Waals surface area contributed by atoms with Gasteiger partial charge in [-0.2, -0.15) is 0 Å². The number of ether oxygens (including phenoxy) is 2. The SMILES string of the molecule is CCCOc1cc2ncnc(Nc3ncc(CC(=O)Nc4cccc(F)c4F)s3)c2cc1OC. The van der Waals surface area contributed by atoms with Crippen LogP contribution in [0.2, 0.25) is 0 Å². The molecular formula is C23H21F2N5O3S. The molecule has 4 rings (SSSR count). The molecule has 0 saturated carbocycles. The molecule has 2 heterocycles. The highest BCUT2D eigenvalue weighted by atomic mass is 32.1. The second-order valence-electron chi connectivity index (χ2n) is 7.17. The summed E-state index contributed by atoms with van der Waals surface area (Å²) in [5.41, 5.74) is 0.453. The average Bonchev–Trinajstić information content (AvgIpc) is 3.26. The number of carbonyl (C=O) groups excluding carboxylic acids is 1. The van der Waals surface area contributed by atoms with Crippen molar-refractivity contribution in [3.05, 3.63) is 59.4 Å². The summed E-state index contributed by atoms with van der Waals surface area (Å²) >= 11 is 1.24. The topological polar surface area (TPSA) is 98.3 Å². The van der Waals surface area contributed by atoms with E-state index in [-0.39, 0.29) is 12.1 Å². The third-order valence-electron chi connectivity index (χ3n) is 4.72. The first kappa shape index (κ1) is 23.3. The molecule has 0 aliphatic carbocycles. The van der Waals surface area contributed by atoms with Crippen LogP contribution < -0.4 is 20.1 Å². The van der Waals surface area contributed by atoms with Gasteiger partial charge in [-0.05, 0) is 24.6 Å². The van der Waals surface area contributed by atoms with Crippen LogP contribution in [-0.4, -0.2) is 34.6 Å². The smallest absolute Gasteiger partial charge is 0.229 e. The standard InChI is InChI=1S/C23H21F2N5O3S/c1-3-7-33-19-10-17-14(9-18(19)32-2)22(28-12-27-17)30-23-26-11-13(34-23)8-20(31)29-16-6-4-5-15(24)21(16)25/h4-6,9-12H,3,7-8H2,1-2H3,(H,29,31)(H,26,27,28,30). The van der Waals surface area contributed by atoms with Crippen molar-refractivity contribution in [2.24, 2.45) is 0 Å². The number of amides is 1. The number of benzene rings is 2. The van der Waals surface area contributed by atoms with Gasteiger partial charge < -0.3 is 20.1 Å². The van der Waals surface area contributed by atoms with Gasteiger partial charge >= 0.3 is 0 Å². The number of hydrogen-bond donors (Lipinski definition) is 2. The Morgan fingerprint density at radius 2 is 2.00 bits per heavy atom. The number of rotatable bonds is 9. The molecule has 0 spiro atoms. The number of aromatic nitrogens is 3. The highest BCUT2D eigenvalue weighted by Crippen LogP contribution is 2.35. The van der Waals surface area contributed by atoms with Crippen molar-refractivity contribution in [2.45, 2.75) is 19.8 Å². The first-order valence-corrected chi connectivity index (χ1v) is 11.2. The molecule has 11 heteroatoms. The minimum Gasteiger partial charge on any atom is -0.493 e. The summed E-state index contributed by atoms with van der Waals surface area (Å²) in [6.07, 6.45) is 3.77. The maximum Gasteiger partial charge on any atom is 0.229 e. The average molecular weight is 486 g/mol. The van der Waals surface area contributed by atoms with Gasteiger partial charge in [0, 0.05) is 22.5 Å². The van der Waals surface area contributed by atoms with E-state index in [2.05, 4.69) is 25.6 Å². The Labute approximate surface area is 198 Å². The van der Waals surface area contributed by atoms with Crippen molar-refractivity contribution in [3.63, 3.8) is 0 Å². The molecule has 2 aromatic carbocycles. The van der Waals surface area contributed by atoms with E-state index in [9.17, 15) is 13.6 Å². The monoisotopic (exact) mass is 485 g/mol. The second kappa shape index (κ2) is 10.4. The van der Waals surface area contributed by atoms with Crippen molar-refractivity contribution in [3.8, 4) is 11.5 Å². The van der Waals surface area contributed by atoms with E-state index in [1.165, 1.54) is 36.0 Å². The van der Waals surface area contributed by atoms with Crippen LogP contribution >= 0.6 is 11.3 Å². The van der Waals surface area contributed by atoms with Crippen LogP contribution in [-0.2, 0) is 11.2 Å². The second-order valence-corrected chi connectivity index (χ2v) is 8.29. The quantitative estimate of drug-likeness (QED) is 0.341. The minimum atomic E-state index is -1.10. The van der Waals surface area contributed by atoms with Gasteiger partial charge in [-0.3, -0.25) is 4.79 Å². The lowest BCUT2D eigenvalue weighted by atomic mass is 10.2. The molecule has 2 N–H and O–H groups in total. The number of thiazole rings is 1. The van der Waals surface area contributed by atoms with Gasteiger partial charge in [0.15, 0.2) is 28.3 Å². The third-order valence-corrected chi connectivity index (χ3v) is 5.63. The Balaban J connectivity index is 1.49. The van der Waals surface area contributed by atoms with E-state index in [1.54, 1.807) is 19.2 Å². The number of nitrogens with one attached hydrogen (secondary N) is 2. The predicted molar refractivity (Wildman–Crippen MR) is 126 cm³/mol. The summed E-state index contributed by atoms with van der Waals surface area (Å²) in [7, 11) is 1.56. The zero-order valence-corrected chi connectivity index (χ0v) is 19.2. The molecule has 0 bridgehead atoms. The van der Waals surface area contributed by atoms with Crippen LogP contribution in [0.4, 0.5) is 25.4 Å². The molecule has 4 aromatic rings. The maximum atomic E-state index is 13.8. The molecule has 0 radical (unpaired) electrons. The van der Waals surface area contributed by atoms with Gasteiger partial charge in [0.25, 0.3) is 0 Å². The number of anilines is 3. The molecule has 1 amide bonds. The van der Waals surface area contributed by atoms with E-state index in [0.29, 0.717) is 44.8 Å². The molecule has 0 aliphatic rings. The van der Waals surface area contributed by atoms with E-state index in [1.807, 2.05) is 6.92 Å². The van der Waals surface area contributed by atoms with Crippen molar-refractivity contribution in [2.75, 3.05) is 24.4 Å². The summed E-state index contributed by atoms with van der Waals surface area (Å²) in [6, 6.07) is 7.18. The molecular weight excluding hydrogens is 464 g/mol. The van der Waals surface area contributed by atoms with Gasteiger partial charge in [0.05, 0.1) is 31.3 Å². The zero-order chi connectivity index (χ0) is 24.1. The number of halogens is 2. The van der Waals surface area contributed by atoms with Crippen molar-refractivity contribution in [1.82, 2.24) is 15.0 Å². The Kier molecular flexibility index (Phi) is 7.12. The predicted octanol–water partition coefficient (Wildman–Crippen LogP) is 5.09. The van der Waals surface area contributed by atoms with Crippen molar-refractivity contribution >= 4 is 44.8 Å². The van der Waals surface area contributed by atoms with Gasteiger partial charge in [-0.25, -0.2) is 23.7 Å². The fraction of sp³-hybridized carbons (Fsp3) is 0.217. The first-order valence-electron chi connectivity index (χ1n) is 10.4. The molecule has 0 aliphatic heterocycles. The number of fused-ring (bicyclic) bond motifs is 1. The molecule has 0 saturated heterocycles. The molecule has 0 fully saturated rings. The highest BCUT2D eigenvalue weighted by Gasteiger charge is 2.15. The van der Waals surface area contributed by atoms with E-state index in [4.69, 9.17) is 9.47 Å². The number of hydrogen-bond acceptors (Lipinski definition) is 8. The maximum absolute atomic E-state index is 13.8. The Bertz CT molecular complexity index is 1330. The lowest BCUT2D eigenvalue weighted by Gasteiger charge is -2.12. The fourth-order valence-electron chi connectivity index (χ4n) is 3.15. The summed E-state index contributed by atoms with van der Waals surface area (Å²) in [5, 5.41) is 6.72. The zero-order valence-electron chi connectivity index (χ0n) is 18.4. The number of carbonyl (C=O) groups is 1. The van der Waals surface area contributed by atoms with Crippen molar-refractivity contribution in [1.29, 1.82) is 0 Å². The number of nitrogens with zero attached hydrogens (tertiary/aromatic N) is 3. The van der Waals surface area contributed by atoms with Gasteiger partial charge in [-0.1, -0.05) is 13.0 Å². The Morgan fingerprint density at radius 1 is 1.15 bits per heavy atom. The first-order chi connectivity index (χ1) is 16.5. The lowest BCUT2D eigenvalue weighted by Crippen LogP contribution is -2.15. The summed E-state index contributed by atoms with van der Waals surface area (Å²) in [5.74, 6) is -0.954. The van der Waals surface area contributed by atoms with Crippen molar-refractivity contribution < 1.29 is 23.0 Å². The van der Waals surface area contributed by atoms with E-state index >= 15 is 0 Å². The highest BCUT2D eigenvalue weighted by molar-refractivity contribution is 7.15. The fourth-order valence-corrected chi connectivity index (χ4v) is 3.96. The molecule has 2 aromatic heterocycles. The van der Waals surface area contributed by atoms with Crippen LogP contribution in [0.15, 0.2) is 42.9 Å². The van der Waals surface area contributed by atoms with Crippen LogP contribution in [0.1, 0.15) is 18.2 Å². The van der Waals surface area contributed by atoms with Gasteiger partial charge in [0.1, 0.15) is 12.1 Å². The van der Waals surface area contributed by atoms with Crippen LogP contribution in [0.5, 0.6) is 11.5 Å². The van der Waals surface area contributed by atoms with Crippen LogP contribution in [0.3, 0.4) is 0 Å². The largest absolute Gasteiger partial charge is 0.493 e. The molecule has 0 atom stereocenters. The third kappa shape index (κ3) is 5.20. The van der Waals surface area contributed by atoms with Gasteiger partial charge in [-0.15, -0.1) is 11.3 Å². The Morgan fingerprint density at radius 3 is 2.79 bits per heavy atom. The van der Waals surface area contributed by atoms with Crippen LogP contribution in [0.25, 0.3) is 10.9 Å². The van der Waals surface area contributed by atoms with E-state index < -0.39 is 17.5 Å². The molecule has 34 heavy (non-hydrogen) atoms. The molecule has 8 nitrogen and oxygen atoms in total.